The molecule has 0 spiro atoms. The number of ether oxygens (including phenoxy) is 1. The molecule has 5 heteroatoms. The lowest BCUT2D eigenvalue weighted by atomic mass is 10.1. The standard InChI is InChI=1S/C15H18N2O2S/c1-19-12-6-4-11(5-7-12)8-10-17-9-2-3-13(14(16)18)15(17)20/h2-7,9,15,20H,8,10H2,1H3,(H2,16,18). The lowest BCUT2D eigenvalue weighted by Crippen LogP contribution is -2.36. The number of carbonyl (C=O) groups excluding carboxylic acids is 1. The average Bonchev–Trinajstić information content (AvgIpc) is 2.46. The Kier molecular flexibility index (Phi) is 4.74. The molecule has 0 fully saturated rings. The van der Waals surface area contributed by atoms with Crippen LogP contribution < -0.4 is 10.5 Å². The molecule has 1 aromatic carbocycles. The van der Waals surface area contributed by atoms with Crippen LogP contribution >= 0.6 is 12.6 Å². The summed E-state index contributed by atoms with van der Waals surface area (Å²) in [7, 11) is 1.65. The molecule has 1 aromatic rings. The van der Waals surface area contributed by atoms with Crippen LogP contribution in [0.5, 0.6) is 5.75 Å². The highest BCUT2D eigenvalue weighted by Gasteiger charge is 2.21. The van der Waals surface area contributed by atoms with Crippen LogP contribution in [0.2, 0.25) is 0 Å². The smallest absolute Gasteiger partial charge is 0.247 e. The van der Waals surface area contributed by atoms with Crippen LogP contribution in [0.15, 0.2) is 48.2 Å². The van der Waals surface area contributed by atoms with Gasteiger partial charge in [-0.15, -0.1) is 12.6 Å². The molecule has 106 valence electrons. The van der Waals surface area contributed by atoms with Crippen molar-refractivity contribution in [3.05, 3.63) is 53.8 Å². The van der Waals surface area contributed by atoms with Gasteiger partial charge in [0.05, 0.1) is 7.11 Å². The van der Waals surface area contributed by atoms with Gasteiger partial charge in [0.15, 0.2) is 0 Å². The van der Waals surface area contributed by atoms with E-state index in [0.717, 1.165) is 18.7 Å². The highest BCUT2D eigenvalue weighted by molar-refractivity contribution is 7.81. The molecule has 1 atom stereocenters. The van der Waals surface area contributed by atoms with E-state index in [1.807, 2.05) is 41.4 Å². The zero-order chi connectivity index (χ0) is 14.5. The minimum absolute atomic E-state index is 0.282. The van der Waals surface area contributed by atoms with E-state index in [-0.39, 0.29) is 5.37 Å². The van der Waals surface area contributed by atoms with E-state index >= 15 is 0 Å². The fourth-order valence-corrected chi connectivity index (χ4v) is 2.47. The minimum Gasteiger partial charge on any atom is -0.497 e. The molecule has 0 radical (unpaired) electrons. The Hall–Kier alpha value is -1.88. The van der Waals surface area contributed by atoms with E-state index in [9.17, 15) is 4.79 Å². The first-order chi connectivity index (χ1) is 9.61. The number of rotatable bonds is 5. The number of allylic oxidation sites excluding steroid dienone is 2. The Labute approximate surface area is 124 Å². The summed E-state index contributed by atoms with van der Waals surface area (Å²) in [5.74, 6) is 0.418. The number of amides is 1. The molecule has 1 aliphatic rings. The number of hydrogen-bond donors (Lipinski definition) is 2. The number of nitrogens with zero attached hydrogens (tertiary/aromatic N) is 1. The van der Waals surface area contributed by atoms with Crippen molar-refractivity contribution in [2.75, 3.05) is 13.7 Å². The fraction of sp³-hybridized carbons (Fsp3) is 0.267. The van der Waals surface area contributed by atoms with Gasteiger partial charge in [-0.2, -0.15) is 0 Å². The van der Waals surface area contributed by atoms with Gasteiger partial charge >= 0.3 is 0 Å². The largest absolute Gasteiger partial charge is 0.497 e. The summed E-state index contributed by atoms with van der Waals surface area (Å²) in [5.41, 5.74) is 7.05. The average molecular weight is 290 g/mol. The van der Waals surface area contributed by atoms with Crippen LogP contribution in [0, 0.1) is 0 Å². The number of methoxy groups -OCH3 is 1. The molecular weight excluding hydrogens is 272 g/mol. The van der Waals surface area contributed by atoms with Crippen molar-refractivity contribution in [2.24, 2.45) is 5.73 Å². The molecule has 0 saturated heterocycles. The fourth-order valence-electron chi connectivity index (χ4n) is 2.06. The van der Waals surface area contributed by atoms with Crippen LogP contribution in [-0.4, -0.2) is 29.8 Å². The van der Waals surface area contributed by atoms with Gasteiger partial charge in [0.1, 0.15) is 11.1 Å². The topological polar surface area (TPSA) is 55.6 Å². The maximum absolute atomic E-state index is 11.3. The molecule has 20 heavy (non-hydrogen) atoms. The predicted molar refractivity (Wildman–Crippen MR) is 82.6 cm³/mol. The third-order valence-electron chi connectivity index (χ3n) is 3.25. The summed E-state index contributed by atoms with van der Waals surface area (Å²) in [4.78, 5) is 13.3. The second-order valence-electron chi connectivity index (χ2n) is 4.54. The van der Waals surface area contributed by atoms with Gasteiger partial charge in [-0.3, -0.25) is 4.79 Å². The lowest BCUT2D eigenvalue weighted by molar-refractivity contribution is -0.114. The first kappa shape index (κ1) is 14.5. The van der Waals surface area contributed by atoms with Gasteiger partial charge in [-0.1, -0.05) is 12.1 Å². The highest BCUT2D eigenvalue weighted by atomic mass is 32.1. The molecular formula is C15H18N2O2S. The number of carbonyl (C=O) groups is 1. The summed E-state index contributed by atoms with van der Waals surface area (Å²) in [6.07, 6.45) is 6.32. The molecule has 4 nitrogen and oxygen atoms in total. The molecule has 1 heterocycles. The van der Waals surface area contributed by atoms with Gasteiger partial charge in [-0.25, -0.2) is 0 Å². The summed E-state index contributed by atoms with van der Waals surface area (Å²) in [5, 5.41) is -0.282. The minimum atomic E-state index is -0.427. The Bertz CT molecular complexity index is 537. The summed E-state index contributed by atoms with van der Waals surface area (Å²) >= 11 is 4.45. The van der Waals surface area contributed by atoms with Crippen molar-refractivity contribution in [1.82, 2.24) is 4.90 Å². The molecule has 0 aliphatic carbocycles. The van der Waals surface area contributed by atoms with Crippen molar-refractivity contribution < 1.29 is 9.53 Å². The third-order valence-corrected chi connectivity index (χ3v) is 3.82. The Balaban J connectivity index is 1.95. The number of benzene rings is 1. The number of primary amides is 1. The zero-order valence-electron chi connectivity index (χ0n) is 11.3. The Morgan fingerprint density at radius 3 is 2.70 bits per heavy atom. The third kappa shape index (κ3) is 3.36. The Morgan fingerprint density at radius 1 is 1.40 bits per heavy atom. The maximum Gasteiger partial charge on any atom is 0.247 e. The number of hydrogen-bond acceptors (Lipinski definition) is 4. The second-order valence-corrected chi connectivity index (χ2v) is 5.03. The van der Waals surface area contributed by atoms with Crippen molar-refractivity contribution in [1.29, 1.82) is 0 Å². The van der Waals surface area contributed by atoms with Crippen molar-refractivity contribution in [3.63, 3.8) is 0 Å². The van der Waals surface area contributed by atoms with Gasteiger partial charge < -0.3 is 15.4 Å². The monoisotopic (exact) mass is 290 g/mol. The molecule has 1 unspecified atom stereocenters. The first-order valence-electron chi connectivity index (χ1n) is 6.36. The lowest BCUT2D eigenvalue weighted by Gasteiger charge is -2.30. The van der Waals surface area contributed by atoms with Crippen molar-refractivity contribution in [3.8, 4) is 5.75 Å². The molecule has 1 aliphatic heterocycles. The number of thiol groups is 1. The van der Waals surface area contributed by atoms with E-state index in [0.29, 0.717) is 5.57 Å². The Morgan fingerprint density at radius 2 is 2.10 bits per heavy atom. The van der Waals surface area contributed by atoms with Gasteiger partial charge in [0, 0.05) is 18.3 Å². The van der Waals surface area contributed by atoms with Crippen LogP contribution in [0.3, 0.4) is 0 Å². The maximum atomic E-state index is 11.3. The van der Waals surface area contributed by atoms with E-state index < -0.39 is 5.91 Å². The molecule has 2 N–H and O–H groups in total. The molecule has 1 amide bonds. The predicted octanol–water partition coefficient (Wildman–Crippen LogP) is 1.73. The first-order valence-corrected chi connectivity index (χ1v) is 6.88. The van der Waals surface area contributed by atoms with Gasteiger partial charge in [0.25, 0.3) is 0 Å². The van der Waals surface area contributed by atoms with Crippen molar-refractivity contribution >= 4 is 18.5 Å². The van der Waals surface area contributed by atoms with E-state index in [1.165, 1.54) is 5.56 Å². The summed E-state index contributed by atoms with van der Waals surface area (Å²) in [6, 6.07) is 7.94. The number of nitrogens with two attached hydrogens (primary N) is 1. The quantitative estimate of drug-likeness (QED) is 0.812. The second kappa shape index (κ2) is 6.52. The van der Waals surface area contributed by atoms with E-state index in [2.05, 4.69) is 12.6 Å². The van der Waals surface area contributed by atoms with E-state index in [4.69, 9.17) is 10.5 Å². The highest BCUT2D eigenvalue weighted by Crippen LogP contribution is 2.20. The SMILES string of the molecule is COc1ccc(CCN2C=CC=C(C(N)=O)C2S)cc1. The normalized spacial score (nSPS) is 17.8. The molecule has 0 aromatic heterocycles. The van der Waals surface area contributed by atoms with Crippen LogP contribution in [0.4, 0.5) is 0 Å². The van der Waals surface area contributed by atoms with Crippen LogP contribution in [-0.2, 0) is 11.2 Å². The molecule has 0 saturated carbocycles. The van der Waals surface area contributed by atoms with E-state index in [1.54, 1.807) is 13.2 Å². The van der Waals surface area contributed by atoms with Crippen LogP contribution in [0.1, 0.15) is 5.56 Å². The summed E-state index contributed by atoms with van der Waals surface area (Å²) in [6.45, 7) is 0.765. The van der Waals surface area contributed by atoms with Gasteiger partial charge in [-0.05, 0) is 36.3 Å². The van der Waals surface area contributed by atoms with Crippen molar-refractivity contribution in [2.45, 2.75) is 11.8 Å². The molecule has 2 rings (SSSR count). The van der Waals surface area contributed by atoms with Crippen LogP contribution in [0.25, 0.3) is 0 Å². The molecule has 0 bridgehead atoms. The summed E-state index contributed by atoms with van der Waals surface area (Å²) < 4.78 is 5.13. The van der Waals surface area contributed by atoms with Gasteiger partial charge in [0.2, 0.25) is 5.91 Å². The zero-order valence-corrected chi connectivity index (χ0v) is 12.2.